The smallest absolute Gasteiger partial charge is 0.0937 e. The van der Waals surface area contributed by atoms with Crippen LogP contribution in [0.4, 0.5) is 0 Å². The fourth-order valence-electron chi connectivity index (χ4n) is 1.20. The Morgan fingerprint density at radius 3 is 3.00 bits per heavy atom. The molecule has 1 aromatic heterocycles. The predicted molar refractivity (Wildman–Crippen MR) is 58.2 cm³/mol. The number of rotatable bonds is 7. The van der Waals surface area contributed by atoms with E-state index in [0.717, 1.165) is 19.5 Å². The zero-order valence-electron chi connectivity index (χ0n) is 8.25. The molecule has 3 heteroatoms. The zero-order chi connectivity index (χ0) is 9.36. The van der Waals surface area contributed by atoms with Crippen LogP contribution in [-0.4, -0.2) is 18.1 Å². The van der Waals surface area contributed by atoms with Crippen LogP contribution in [0.5, 0.6) is 0 Å². The van der Waals surface area contributed by atoms with Crippen LogP contribution in [0.25, 0.3) is 0 Å². The Hall–Kier alpha value is -0.410. The van der Waals surface area contributed by atoms with Gasteiger partial charge in [0.25, 0.3) is 0 Å². The lowest BCUT2D eigenvalue weighted by molar-refractivity contribution is 0.616. The molecule has 1 aromatic rings. The third-order valence-corrected chi connectivity index (χ3v) is 2.80. The van der Waals surface area contributed by atoms with Crippen molar-refractivity contribution in [3.8, 4) is 0 Å². The van der Waals surface area contributed by atoms with Crippen molar-refractivity contribution in [1.29, 1.82) is 0 Å². The molecular weight excluding hydrogens is 180 g/mol. The van der Waals surface area contributed by atoms with Crippen LogP contribution in [0.2, 0.25) is 0 Å². The van der Waals surface area contributed by atoms with E-state index < -0.39 is 0 Å². The highest BCUT2D eigenvalue weighted by Gasteiger charge is 1.93. The molecule has 0 saturated heterocycles. The lowest BCUT2D eigenvalue weighted by Gasteiger charge is -2.01. The van der Waals surface area contributed by atoms with E-state index in [1.54, 1.807) is 11.3 Å². The van der Waals surface area contributed by atoms with Gasteiger partial charge in [-0.15, -0.1) is 11.3 Å². The summed E-state index contributed by atoms with van der Waals surface area (Å²) in [6.45, 7) is 4.45. The van der Waals surface area contributed by atoms with Gasteiger partial charge in [-0.3, -0.25) is 0 Å². The summed E-state index contributed by atoms with van der Waals surface area (Å²) in [5.41, 5.74) is 0. The number of nitrogens with zero attached hydrogens (tertiary/aromatic N) is 1. The molecule has 0 radical (unpaired) electrons. The summed E-state index contributed by atoms with van der Waals surface area (Å²) in [4.78, 5) is 4.23. The number of hydrogen-bond donors (Lipinski definition) is 1. The molecule has 2 nitrogen and oxygen atoms in total. The molecule has 0 aliphatic carbocycles. The molecule has 0 spiro atoms. The van der Waals surface area contributed by atoms with Gasteiger partial charge >= 0.3 is 0 Å². The van der Waals surface area contributed by atoms with Gasteiger partial charge in [0.05, 0.1) is 5.01 Å². The lowest BCUT2D eigenvalue weighted by atomic mass is 10.2. The average Bonchev–Trinajstić information content (AvgIpc) is 2.63. The van der Waals surface area contributed by atoms with Crippen molar-refractivity contribution >= 4 is 11.3 Å². The van der Waals surface area contributed by atoms with E-state index in [0.29, 0.717) is 0 Å². The third-order valence-electron chi connectivity index (χ3n) is 1.96. The monoisotopic (exact) mass is 198 g/mol. The third kappa shape index (κ3) is 5.01. The quantitative estimate of drug-likeness (QED) is 0.681. The normalized spacial score (nSPS) is 10.5. The van der Waals surface area contributed by atoms with Crippen molar-refractivity contribution in [3.63, 3.8) is 0 Å². The minimum atomic E-state index is 1.07. The van der Waals surface area contributed by atoms with E-state index in [4.69, 9.17) is 0 Å². The minimum Gasteiger partial charge on any atom is -0.316 e. The molecule has 0 fully saturated rings. The Balaban J connectivity index is 1.90. The fourth-order valence-corrected chi connectivity index (χ4v) is 1.82. The fraction of sp³-hybridized carbons (Fsp3) is 0.700. The van der Waals surface area contributed by atoms with Crippen molar-refractivity contribution in [3.05, 3.63) is 16.6 Å². The van der Waals surface area contributed by atoms with Crippen LogP contribution >= 0.6 is 11.3 Å². The first-order valence-electron chi connectivity index (χ1n) is 5.02. The van der Waals surface area contributed by atoms with Crippen LogP contribution in [-0.2, 0) is 6.42 Å². The summed E-state index contributed by atoms with van der Waals surface area (Å²) in [7, 11) is 0. The zero-order valence-corrected chi connectivity index (χ0v) is 9.07. The Morgan fingerprint density at radius 2 is 2.31 bits per heavy atom. The second kappa shape index (κ2) is 7.04. The van der Waals surface area contributed by atoms with E-state index in [2.05, 4.69) is 17.2 Å². The van der Waals surface area contributed by atoms with Crippen LogP contribution < -0.4 is 5.32 Å². The van der Waals surface area contributed by atoms with E-state index in [-0.39, 0.29) is 0 Å². The predicted octanol–water partition coefficient (Wildman–Crippen LogP) is 2.47. The van der Waals surface area contributed by atoms with E-state index >= 15 is 0 Å². The SMILES string of the molecule is CCCCCNCCc1nccs1. The van der Waals surface area contributed by atoms with Crippen molar-refractivity contribution in [2.24, 2.45) is 0 Å². The first-order valence-corrected chi connectivity index (χ1v) is 5.90. The molecule has 13 heavy (non-hydrogen) atoms. The highest BCUT2D eigenvalue weighted by Crippen LogP contribution is 2.03. The highest BCUT2D eigenvalue weighted by molar-refractivity contribution is 7.09. The van der Waals surface area contributed by atoms with Crippen molar-refractivity contribution in [2.45, 2.75) is 32.6 Å². The minimum absolute atomic E-state index is 1.07. The number of thiazole rings is 1. The van der Waals surface area contributed by atoms with Gasteiger partial charge in [-0.05, 0) is 13.0 Å². The van der Waals surface area contributed by atoms with Gasteiger partial charge in [0.15, 0.2) is 0 Å². The first-order chi connectivity index (χ1) is 6.43. The van der Waals surface area contributed by atoms with Crippen LogP contribution in [0.15, 0.2) is 11.6 Å². The first kappa shape index (κ1) is 10.7. The Bertz CT molecular complexity index is 197. The molecule has 0 aliphatic rings. The number of aromatic nitrogens is 1. The molecule has 1 heterocycles. The molecule has 0 aromatic carbocycles. The largest absolute Gasteiger partial charge is 0.316 e. The molecule has 0 atom stereocenters. The van der Waals surface area contributed by atoms with E-state index in [1.165, 1.54) is 24.3 Å². The second-order valence-corrected chi connectivity index (χ2v) is 4.11. The topological polar surface area (TPSA) is 24.9 Å². The van der Waals surface area contributed by atoms with Crippen LogP contribution in [0, 0.1) is 0 Å². The van der Waals surface area contributed by atoms with Gasteiger partial charge in [0.2, 0.25) is 0 Å². The number of hydrogen-bond acceptors (Lipinski definition) is 3. The summed E-state index contributed by atoms with van der Waals surface area (Å²) < 4.78 is 0. The lowest BCUT2D eigenvalue weighted by Crippen LogP contribution is -2.18. The van der Waals surface area contributed by atoms with Crippen molar-refractivity contribution < 1.29 is 0 Å². The molecular formula is C10H18N2S. The summed E-state index contributed by atoms with van der Waals surface area (Å²) in [5, 5.41) is 6.70. The molecule has 0 amide bonds. The standard InChI is InChI=1S/C10H18N2S/c1-2-3-4-6-11-7-5-10-12-8-9-13-10/h8-9,11H,2-7H2,1H3. The van der Waals surface area contributed by atoms with Crippen LogP contribution in [0.1, 0.15) is 31.2 Å². The summed E-state index contributed by atoms with van der Waals surface area (Å²) in [6.07, 6.45) is 6.88. The number of nitrogens with one attached hydrogen (secondary N) is 1. The molecule has 0 aliphatic heterocycles. The highest BCUT2D eigenvalue weighted by atomic mass is 32.1. The Kier molecular flexibility index (Phi) is 5.78. The average molecular weight is 198 g/mol. The van der Waals surface area contributed by atoms with Crippen molar-refractivity contribution in [2.75, 3.05) is 13.1 Å². The molecule has 1 N–H and O–H groups in total. The van der Waals surface area contributed by atoms with Gasteiger partial charge in [0.1, 0.15) is 0 Å². The maximum Gasteiger partial charge on any atom is 0.0937 e. The van der Waals surface area contributed by atoms with Crippen LogP contribution in [0.3, 0.4) is 0 Å². The second-order valence-electron chi connectivity index (χ2n) is 3.13. The summed E-state index contributed by atoms with van der Waals surface area (Å²) in [5.74, 6) is 0. The van der Waals surface area contributed by atoms with E-state index in [9.17, 15) is 0 Å². The van der Waals surface area contributed by atoms with Gasteiger partial charge in [-0.25, -0.2) is 4.98 Å². The van der Waals surface area contributed by atoms with Gasteiger partial charge < -0.3 is 5.32 Å². The van der Waals surface area contributed by atoms with E-state index in [1.807, 2.05) is 11.6 Å². The molecule has 0 bridgehead atoms. The maximum absolute atomic E-state index is 4.23. The molecule has 1 rings (SSSR count). The number of unbranched alkanes of at least 4 members (excludes halogenated alkanes) is 2. The maximum atomic E-state index is 4.23. The molecule has 0 saturated carbocycles. The summed E-state index contributed by atoms with van der Waals surface area (Å²) >= 11 is 1.74. The Morgan fingerprint density at radius 1 is 1.38 bits per heavy atom. The van der Waals surface area contributed by atoms with Crippen molar-refractivity contribution in [1.82, 2.24) is 10.3 Å². The van der Waals surface area contributed by atoms with Gasteiger partial charge in [0, 0.05) is 24.5 Å². The van der Waals surface area contributed by atoms with Gasteiger partial charge in [-0.2, -0.15) is 0 Å². The Labute approximate surface area is 84.4 Å². The molecule has 74 valence electrons. The van der Waals surface area contributed by atoms with Gasteiger partial charge in [-0.1, -0.05) is 19.8 Å². The summed E-state index contributed by atoms with van der Waals surface area (Å²) in [6, 6.07) is 0. The molecule has 0 unspecified atom stereocenters.